The summed E-state index contributed by atoms with van der Waals surface area (Å²) in [5.74, 6) is 2.29. The van der Waals surface area contributed by atoms with E-state index < -0.39 is 0 Å². The van der Waals surface area contributed by atoms with E-state index in [1.807, 2.05) is 41.1 Å². The van der Waals surface area contributed by atoms with Gasteiger partial charge < -0.3 is 19.3 Å². The molecule has 1 aliphatic rings. The molecule has 3 heterocycles. The highest BCUT2D eigenvalue weighted by atomic mass is 16.5. The molecule has 0 aliphatic carbocycles. The lowest BCUT2D eigenvalue weighted by Gasteiger charge is -2.26. The average molecular weight is 367 g/mol. The molecule has 1 fully saturated rings. The lowest BCUT2D eigenvalue weighted by atomic mass is 10.1. The van der Waals surface area contributed by atoms with Gasteiger partial charge in [-0.05, 0) is 38.2 Å². The lowest BCUT2D eigenvalue weighted by molar-refractivity contribution is 0.355. The monoisotopic (exact) mass is 367 g/mol. The van der Waals surface area contributed by atoms with Crippen molar-refractivity contribution >= 4 is 11.6 Å². The molecule has 0 saturated carbocycles. The van der Waals surface area contributed by atoms with Gasteiger partial charge in [-0.15, -0.1) is 0 Å². The van der Waals surface area contributed by atoms with E-state index in [-0.39, 0.29) is 0 Å². The Morgan fingerprint density at radius 1 is 1.15 bits per heavy atom. The molecule has 1 aliphatic heterocycles. The Hall–Kier alpha value is -2.80. The number of ether oxygens (including phenoxy) is 2. The standard InChI is InChI=1S/C20H25N5O2/c1-23-9-7-15(13-23)24(2)20-22-16(12-19-21-8-10-25(19)20)14-5-6-17(26-3)18(11-14)27-4/h5-6,8,10-12,15H,7,9,13H2,1-4H3. The smallest absolute Gasteiger partial charge is 0.211 e. The number of likely N-dealkylation sites (N-methyl/N-ethyl adjacent to an activating group) is 2. The minimum absolute atomic E-state index is 0.439. The summed E-state index contributed by atoms with van der Waals surface area (Å²) in [5.41, 5.74) is 2.71. The van der Waals surface area contributed by atoms with Crippen molar-refractivity contribution in [1.82, 2.24) is 19.3 Å². The first kappa shape index (κ1) is 17.6. The van der Waals surface area contributed by atoms with E-state index in [0.717, 1.165) is 42.4 Å². The molecule has 4 rings (SSSR count). The van der Waals surface area contributed by atoms with Crippen molar-refractivity contribution in [3.63, 3.8) is 0 Å². The van der Waals surface area contributed by atoms with Gasteiger partial charge in [0.2, 0.25) is 5.95 Å². The number of methoxy groups -OCH3 is 2. The molecule has 0 N–H and O–H groups in total. The maximum Gasteiger partial charge on any atom is 0.211 e. The zero-order valence-corrected chi connectivity index (χ0v) is 16.2. The number of fused-ring (bicyclic) bond motifs is 1. The Morgan fingerprint density at radius 2 is 1.96 bits per heavy atom. The minimum Gasteiger partial charge on any atom is -0.493 e. The van der Waals surface area contributed by atoms with Gasteiger partial charge in [-0.3, -0.25) is 4.40 Å². The summed E-state index contributed by atoms with van der Waals surface area (Å²) < 4.78 is 12.8. The molecule has 7 nitrogen and oxygen atoms in total. The molecule has 2 aromatic heterocycles. The van der Waals surface area contributed by atoms with Crippen molar-refractivity contribution in [3.8, 4) is 22.8 Å². The number of nitrogens with zero attached hydrogens (tertiary/aromatic N) is 5. The van der Waals surface area contributed by atoms with Gasteiger partial charge in [0.05, 0.1) is 19.9 Å². The van der Waals surface area contributed by atoms with Gasteiger partial charge in [-0.2, -0.15) is 0 Å². The second-order valence-corrected chi connectivity index (χ2v) is 6.98. The molecule has 142 valence electrons. The van der Waals surface area contributed by atoms with E-state index in [4.69, 9.17) is 14.5 Å². The molecule has 0 radical (unpaired) electrons. The van der Waals surface area contributed by atoms with Crippen LogP contribution in [0.1, 0.15) is 6.42 Å². The zero-order valence-electron chi connectivity index (χ0n) is 16.2. The van der Waals surface area contributed by atoms with Gasteiger partial charge in [0.25, 0.3) is 0 Å². The van der Waals surface area contributed by atoms with Gasteiger partial charge in [-0.1, -0.05) is 0 Å². The van der Waals surface area contributed by atoms with Crippen LogP contribution in [0.5, 0.6) is 11.5 Å². The number of anilines is 1. The molecule has 0 spiro atoms. The Bertz CT molecular complexity index is 955. The molecular formula is C20H25N5O2. The SMILES string of the molecule is COc1ccc(-c2cc3nccn3c(N(C)C3CCN(C)C3)n2)cc1OC. The molecule has 1 unspecified atom stereocenters. The summed E-state index contributed by atoms with van der Waals surface area (Å²) in [7, 11) is 7.55. The van der Waals surface area contributed by atoms with Crippen LogP contribution < -0.4 is 14.4 Å². The quantitative estimate of drug-likeness (QED) is 0.691. The van der Waals surface area contributed by atoms with E-state index in [2.05, 4.69) is 28.9 Å². The maximum absolute atomic E-state index is 5.45. The Morgan fingerprint density at radius 3 is 2.67 bits per heavy atom. The number of aromatic nitrogens is 3. The Balaban J connectivity index is 1.79. The summed E-state index contributed by atoms with van der Waals surface area (Å²) in [6.45, 7) is 2.15. The van der Waals surface area contributed by atoms with E-state index in [0.29, 0.717) is 17.5 Å². The summed E-state index contributed by atoms with van der Waals surface area (Å²) in [4.78, 5) is 14.1. The fourth-order valence-corrected chi connectivity index (χ4v) is 3.69. The van der Waals surface area contributed by atoms with Crippen molar-refractivity contribution < 1.29 is 9.47 Å². The number of imidazole rings is 1. The van der Waals surface area contributed by atoms with Crippen LogP contribution in [-0.2, 0) is 0 Å². The van der Waals surface area contributed by atoms with Crippen molar-refractivity contribution in [3.05, 3.63) is 36.7 Å². The first-order chi connectivity index (χ1) is 13.1. The second kappa shape index (κ2) is 7.08. The summed E-state index contributed by atoms with van der Waals surface area (Å²) in [6.07, 6.45) is 4.91. The van der Waals surface area contributed by atoms with Crippen LogP contribution in [0.2, 0.25) is 0 Å². The molecule has 0 bridgehead atoms. The fraction of sp³-hybridized carbons (Fsp3) is 0.400. The predicted molar refractivity (Wildman–Crippen MR) is 106 cm³/mol. The third kappa shape index (κ3) is 3.19. The Kier molecular flexibility index (Phi) is 4.61. The van der Waals surface area contributed by atoms with Crippen molar-refractivity contribution in [2.75, 3.05) is 46.3 Å². The first-order valence-corrected chi connectivity index (χ1v) is 9.08. The van der Waals surface area contributed by atoms with Crippen LogP contribution in [0.4, 0.5) is 5.95 Å². The van der Waals surface area contributed by atoms with Crippen LogP contribution in [-0.4, -0.2) is 66.7 Å². The Labute approximate surface area is 159 Å². The third-order valence-corrected chi connectivity index (χ3v) is 5.28. The number of hydrogen-bond donors (Lipinski definition) is 0. The van der Waals surface area contributed by atoms with Gasteiger partial charge >= 0.3 is 0 Å². The normalized spacial score (nSPS) is 17.4. The molecule has 0 amide bonds. The van der Waals surface area contributed by atoms with Gasteiger partial charge in [0, 0.05) is 43.7 Å². The lowest BCUT2D eigenvalue weighted by Crippen LogP contribution is -2.35. The number of benzene rings is 1. The highest BCUT2D eigenvalue weighted by Crippen LogP contribution is 2.33. The largest absolute Gasteiger partial charge is 0.493 e. The topological polar surface area (TPSA) is 55.1 Å². The number of rotatable bonds is 5. The molecule has 1 aromatic carbocycles. The molecule has 1 atom stereocenters. The number of hydrogen-bond acceptors (Lipinski definition) is 6. The molecule has 1 saturated heterocycles. The molecule has 7 heteroatoms. The average Bonchev–Trinajstić information content (AvgIpc) is 3.34. The van der Waals surface area contributed by atoms with Crippen molar-refractivity contribution in [2.24, 2.45) is 0 Å². The third-order valence-electron chi connectivity index (χ3n) is 5.28. The van der Waals surface area contributed by atoms with Gasteiger partial charge in [0.15, 0.2) is 11.5 Å². The predicted octanol–water partition coefficient (Wildman–Crippen LogP) is 2.55. The van der Waals surface area contributed by atoms with Crippen LogP contribution in [0, 0.1) is 0 Å². The minimum atomic E-state index is 0.439. The first-order valence-electron chi connectivity index (χ1n) is 9.08. The van der Waals surface area contributed by atoms with Crippen molar-refractivity contribution in [2.45, 2.75) is 12.5 Å². The highest BCUT2D eigenvalue weighted by Gasteiger charge is 2.26. The van der Waals surface area contributed by atoms with E-state index >= 15 is 0 Å². The summed E-state index contributed by atoms with van der Waals surface area (Å²) in [5, 5.41) is 0. The number of likely N-dealkylation sites (tertiary alicyclic amines) is 1. The van der Waals surface area contributed by atoms with Gasteiger partial charge in [0.1, 0.15) is 5.65 Å². The van der Waals surface area contributed by atoms with E-state index in [9.17, 15) is 0 Å². The molecule has 3 aromatic rings. The highest BCUT2D eigenvalue weighted by molar-refractivity contribution is 5.69. The summed E-state index contributed by atoms with van der Waals surface area (Å²) in [6, 6.07) is 8.29. The van der Waals surface area contributed by atoms with Crippen LogP contribution in [0.25, 0.3) is 16.9 Å². The van der Waals surface area contributed by atoms with Crippen molar-refractivity contribution in [1.29, 1.82) is 0 Å². The zero-order chi connectivity index (χ0) is 19.0. The molecule has 27 heavy (non-hydrogen) atoms. The summed E-state index contributed by atoms with van der Waals surface area (Å²) >= 11 is 0. The van der Waals surface area contributed by atoms with Crippen LogP contribution in [0.15, 0.2) is 36.7 Å². The van der Waals surface area contributed by atoms with E-state index in [1.54, 1.807) is 14.2 Å². The second-order valence-electron chi connectivity index (χ2n) is 6.98. The maximum atomic E-state index is 5.45. The van der Waals surface area contributed by atoms with Crippen LogP contribution >= 0.6 is 0 Å². The van der Waals surface area contributed by atoms with Gasteiger partial charge in [-0.25, -0.2) is 9.97 Å². The van der Waals surface area contributed by atoms with Crippen LogP contribution in [0.3, 0.4) is 0 Å². The fourth-order valence-electron chi connectivity index (χ4n) is 3.69. The molecular weight excluding hydrogens is 342 g/mol. The van der Waals surface area contributed by atoms with E-state index in [1.165, 1.54) is 0 Å².